The van der Waals surface area contributed by atoms with Gasteiger partial charge in [-0.2, -0.15) is 24.9 Å². The van der Waals surface area contributed by atoms with E-state index in [-0.39, 0.29) is 12.0 Å². The quantitative estimate of drug-likeness (QED) is 0.849. The van der Waals surface area contributed by atoms with Crippen LogP contribution in [0.25, 0.3) is 0 Å². The van der Waals surface area contributed by atoms with Crippen LogP contribution >= 0.6 is 11.8 Å². The Labute approximate surface area is 131 Å². The van der Waals surface area contributed by atoms with Gasteiger partial charge in [-0.25, -0.2) is 0 Å². The van der Waals surface area contributed by atoms with Gasteiger partial charge in [0.2, 0.25) is 5.91 Å². The molecular weight excluding hydrogens is 315 g/mol. The summed E-state index contributed by atoms with van der Waals surface area (Å²) in [4.78, 5) is 13.6. The fraction of sp³-hybridized carbons (Fsp3) is 0.533. The summed E-state index contributed by atoms with van der Waals surface area (Å²) < 4.78 is 43.7. The Kier molecular flexibility index (Phi) is 5.74. The minimum Gasteiger partial charge on any atom is -0.374 e. The molecule has 22 heavy (non-hydrogen) atoms. The van der Waals surface area contributed by atoms with Gasteiger partial charge in [-0.05, 0) is 17.9 Å². The van der Waals surface area contributed by atoms with Gasteiger partial charge in [-0.1, -0.05) is 18.2 Å². The first kappa shape index (κ1) is 17.1. The predicted octanol–water partition coefficient (Wildman–Crippen LogP) is 2.84. The van der Waals surface area contributed by atoms with Gasteiger partial charge < -0.3 is 9.64 Å². The molecule has 1 unspecified atom stereocenters. The Balaban J connectivity index is 2.00. The molecule has 2 rings (SSSR count). The van der Waals surface area contributed by atoms with E-state index in [1.54, 1.807) is 11.0 Å². The number of alkyl halides is 3. The molecule has 0 aliphatic carbocycles. The van der Waals surface area contributed by atoms with E-state index in [4.69, 9.17) is 4.74 Å². The molecule has 0 bridgehead atoms. The first-order valence-electron chi connectivity index (χ1n) is 6.94. The maximum atomic E-state index is 12.7. The summed E-state index contributed by atoms with van der Waals surface area (Å²) in [5.74, 6) is 0.459. The van der Waals surface area contributed by atoms with Gasteiger partial charge >= 0.3 is 6.18 Å². The number of amides is 1. The van der Waals surface area contributed by atoms with Gasteiger partial charge in [-0.15, -0.1) is 0 Å². The number of rotatable bonds is 4. The minimum atomic E-state index is -4.34. The number of halogens is 3. The summed E-state index contributed by atoms with van der Waals surface area (Å²) in [6, 6.07) is 5.25. The highest BCUT2D eigenvalue weighted by Crippen LogP contribution is 2.30. The molecule has 0 saturated carbocycles. The van der Waals surface area contributed by atoms with Crippen LogP contribution < -0.4 is 0 Å². The largest absolute Gasteiger partial charge is 0.416 e. The lowest BCUT2D eigenvalue weighted by Crippen LogP contribution is -2.47. The molecule has 0 spiro atoms. The Morgan fingerprint density at radius 2 is 2.23 bits per heavy atom. The number of carbonyl (C=O) groups is 1. The summed E-state index contributed by atoms with van der Waals surface area (Å²) in [6.07, 6.45) is -2.38. The van der Waals surface area contributed by atoms with E-state index >= 15 is 0 Å². The van der Waals surface area contributed by atoms with Gasteiger partial charge in [0.1, 0.15) is 0 Å². The molecule has 1 fully saturated rings. The number of nitrogens with zero attached hydrogens (tertiary/aromatic N) is 1. The normalized spacial score (nSPS) is 19.3. The molecule has 7 heteroatoms. The third-order valence-electron chi connectivity index (χ3n) is 3.48. The molecule has 1 saturated heterocycles. The maximum absolute atomic E-state index is 12.7. The first-order chi connectivity index (χ1) is 10.4. The van der Waals surface area contributed by atoms with Crippen molar-refractivity contribution in [3.05, 3.63) is 35.4 Å². The summed E-state index contributed by atoms with van der Waals surface area (Å²) in [6.45, 7) is 1.39. The topological polar surface area (TPSA) is 29.5 Å². The number of morpholine rings is 1. The maximum Gasteiger partial charge on any atom is 0.416 e. The average Bonchev–Trinajstić information content (AvgIpc) is 2.47. The molecule has 3 nitrogen and oxygen atoms in total. The number of hydrogen-bond acceptors (Lipinski definition) is 3. The Bertz CT molecular complexity index is 522. The molecule has 1 aliphatic rings. The van der Waals surface area contributed by atoms with Crippen LogP contribution in [0.4, 0.5) is 13.2 Å². The van der Waals surface area contributed by atoms with Crippen LogP contribution in [-0.4, -0.2) is 48.6 Å². The molecule has 0 radical (unpaired) electrons. The van der Waals surface area contributed by atoms with Gasteiger partial charge in [0.05, 0.1) is 24.0 Å². The molecule has 1 heterocycles. The Hall–Kier alpha value is -1.21. The highest BCUT2D eigenvalue weighted by Gasteiger charge is 2.31. The Morgan fingerprint density at radius 3 is 2.91 bits per heavy atom. The van der Waals surface area contributed by atoms with Crippen LogP contribution in [-0.2, 0) is 22.1 Å². The molecule has 1 aromatic carbocycles. The number of ether oxygens (including phenoxy) is 1. The van der Waals surface area contributed by atoms with Crippen molar-refractivity contribution < 1.29 is 22.7 Å². The molecular formula is C15H18F3NO2S. The molecule has 0 aromatic heterocycles. The van der Waals surface area contributed by atoms with Crippen molar-refractivity contribution in [2.75, 3.05) is 31.7 Å². The zero-order chi connectivity index (χ0) is 16.2. The first-order valence-corrected chi connectivity index (χ1v) is 8.34. The van der Waals surface area contributed by atoms with Crippen molar-refractivity contribution in [2.24, 2.45) is 0 Å². The smallest absolute Gasteiger partial charge is 0.374 e. The fourth-order valence-electron chi connectivity index (χ4n) is 2.42. The van der Waals surface area contributed by atoms with Crippen molar-refractivity contribution in [2.45, 2.75) is 18.7 Å². The standard InChI is InChI=1S/C15H18F3NO2S/c1-22-10-14(20)19-5-6-21-13(9-19)8-11-3-2-4-12(7-11)15(16,17)18/h2-4,7,13H,5-6,8-10H2,1H3. The minimum absolute atomic E-state index is 0.0462. The van der Waals surface area contributed by atoms with Crippen LogP contribution in [0.5, 0.6) is 0 Å². The second-order valence-corrected chi connectivity index (χ2v) is 6.03. The number of hydrogen-bond donors (Lipinski definition) is 0. The van der Waals surface area contributed by atoms with Crippen LogP contribution in [0.2, 0.25) is 0 Å². The summed E-state index contributed by atoms with van der Waals surface area (Å²) in [7, 11) is 0. The van der Waals surface area contributed by atoms with Gasteiger partial charge in [-0.3, -0.25) is 4.79 Å². The van der Waals surface area contributed by atoms with Crippen LogP contribution in [0.15, 0.2) is 24.3 Å². The summed E-state index contributed by atoms with van der Waals surface area (Å²) in [5.41, 5.74) is -0.0879. The van der Waals surface area contributed by atoms with E-state index in [1.807, 2.05) is 6.26 Å². The average molecular weight is 333 g/mol. The molecule has 1 amide bonds. The van der Waals surface area contributed by atoms with Crippen LogP contribution in [0.1, 0.15) is 11.1 Å². The molecule has 1 atom stereocenters. The SMILES string of the molecule is CSCC(=O)N1CCOC(Cc2cccc(C(F)(F)F)c2)C1. The monoisotopic (exact) mass is 333 g/mol. The third kappa shape index (κ3) is 4.64. The van der Waals surface area contributed by atoms with E-state index in [2.05, 4.69) is 0 Å². The van der Waals surface area contributed by atoms with Crippen molar-refractivity contribution in [3.8, 4) is 0 Å². The predicted molar refractivity (Wildman–Crippen MR) is 79.9 cm³/mol. The highest BCUT2D eigenvalue weighted by molar-refractivity contribution is 7.99. The second-order valence-electron chi connectivity index (χ2n) is 5.17. The number of benzene rings is 1. The van der Waals surface area contributed by atoms with Crippen molar-refractivity contribution in [1.82, 2.24) is 4.90 Å². The van der Waals surface area contributed by atoms with E-state index in [1.165, 1.54) is 17.8 Å². The van der Waals surface area contributed by atoms with E-state index < -0.39 is 11.7 Å². The lowest BCUT2D eigenvalue weighted by atomic mass is 10.0. The highest BCUT2D eigenvalue weighted by atomic mass is 32.2. The second kappa shape index (κ2) is 7.37. The molecule has 0 N–H and O–H groups in total. The Morgan fingerprint density at radius 1 is 1.45 bits per heavy atom. The van der Waals surface area contributed by atoms with Crippen LogP contribution in [0.3, 0.4) is 0 Å². The van der Waals surface area contributed by atoms with Crippen molar-refractivity contribution >= 4 is 17.7 Å². The zero-order valence-electron chi connectivity index (χ0n) is 12.2. The van der Waals surface area contributed by atoms with Crippen molar-refractivity contribution in [1.29, 1.82) is 0 Å². The van der Waals surface area contributed by atoms with Crippen molar-refractivity contribution in [3.63, 3.8) is 0 Å². The summed E-state index contributed by atoms with van der Waals surface area (Å²) >= 11 is 1.46. The lowest BCUT2D eigenvalue weighted by molar-refractivity contribution is -0.137. The zero-order valence-corrected chi connectivity index (χ0v) is 13.0. The van der Waals surface area contributed by atoms with Gasteiger partial charge in [0.15, 0.2) is 0 Å². The molecule has 1 aromatic rings. The van der Waals surface area contributed by atoms with Crippen LogP contribution in [0, 0.1) is 0 Å². The van der Waals surface area contributed by atoms with Gasteiger partial charge in [0, 0.05) is 19.5 Å². The van der Waals surface area contributed by atoms with E-state index in [0.29, 0.717) is 37.4 Å². The number of carbonyl (C=O) groups excluding carboxylic acids is 1. The fourth-order valence-corrected chi connectivity index (χ4v) is 2.85. The lowest BCUT2D eigenvalue weighted by Gasteiger charge is -2.33. The van der Waals surface area contributed by atoms with Gasteiger partial charge in [0.25, 0.3) is 0 Å². The number of thioether (sulfide) groups is 1. The molecule has 122 valence electrons. The third-order valence-corrected chi connectivity index (χ3v) is 4.01. The molecule has 1 aliphatic heterocycles. The van der Waals surface area contributed by atoms with E-state index in [9.17, 15) is 18.0 Å². The van der Waals surface area contributed by atoms with E-state index in [0.717, 1.165) is 12.1 Å². The summed E-state index contributed by atoms with van der Waals surface area (Å²) in [5, 5.41) is 0.